The summed E-state index contributed by atoms with van der Waals surface area (Å²) >= 11 is 0. The van der Waals surface area contributed by atoms with Crippen molar-refractivity contribution in [2.75, 3.05) is 25.6 Å². The largest absolute Gasteiger partial charge is 0.383 e. The molecule has 0 bridgehead atoms. The van der Waals surface area contributed by atoms with Crippen LogP contribution in [0.2, 0.25) is 0 Å². The van der Waals surface area contributed by atoms with Gasteiger partial charge in [0.25, 0.3) is 0 Å². The summed E-state index contributed by atoms with van der Waals surface area (Å²) in [6.45, 7) is 1.28. The Morgan fingerprint density at radius 3 is 2.88 bits per heavy atom. The fraction of sp³-hybridized carbons (Fsp3) is 0.462. The molecule has 1 unspecified atom stereocenters. The molecule has 0 saturated heterocycles. The number of rotatable bonds is 7. The van der Waals surface area contributed by atoms with Crippen molar-refractivity contribution in [2.45, 2.75) is 18.9 Å². The molecule has 1 atom stereocenters. The molecule has 0 aromatic heterocycles. The second-order valence-corrected chi connectivity index (χ2v) is 3.88. The van der Waals surface area contributed by atoms with Crippen LogP contribution in [0.4, 0.5) is 5.69 Å². The van der Waals surface area contributed by atoms with Crippen LogP contribution in [0.15, 0.2) is 24.3 Å². The second-order valence-electron chi connectivity index (χ2n) is 3.88. The second kappa shape index (κ2) is 7.66. The summed E-state index contributed by atoms with van der Waals surface area (Å²) in [6.07, 6.45) is 1.87. The average molecular weight is 233 g/mol. The molecule has 0 saturated carbocycles. The van der Waals surface area contributed by atoms with Crippen LogP contribution in [0.5, 0.6) is 0 Å². The van der Waals surface area contributed by atoms with Gasteiger partial charge in [0.15, 0.2) is 0 Å². The molecule has 0 spiro atoms. The van der Waals surface area contributed by atoms with Crippen LogP contribution in [-0.2, 0) is 4.74 Å². The lowest BCUT2D eigenvalue weighted by molar-refractivity contribution is 0.182. The molecule has 1 rings (SSSR count). The highest BCUT2D eigenvalue weighted by Gasteiger charge is 2.09. The summed E-state index contributed by atoms with van der Waals surface area (Å²) in [4.78, 5) is 0. The summed E-state index contributed by atoms with van der Waals surface area (Å²) in [6, 6.07) is 9.84. The van der Waals surface area contributed by atoms with E-state index in [9.17, 15) is 0 Å². The molecule has 4 heteroatoms. The van der Waals surface area contributed by atoms with Crippen LogP contribution in [0.25, 0.3) is 0 Å². The zero-order valence-electron chi connectivity index (χ0n) is 10.1. The molecule has 0 radical (unpaired) electrons. The van der Waals surface area contributed by atoms with Gasteiger partial charge >= 0.3 is 0 Å². The molecule has 17 heavy (non-hydrogen) atoms. The first-order chi connectivity index (χ1) is 8.31. The van der Waals surface area contributed by atoms with Crippen LogP contribution >= 0.6 is 0 Å². The van der Waals surface area contributed by atoms with Gasteiger partial charge in [0.1, 0.15) is 6.07 Å². The van der Waals surface area contributed by atoms with E-state index in [0.717, 1.165) is 18.5 Å². The standard InChI is InChI=1S/C13H19N3O/c1-17-10-12(6-4-8-14)16-13-7-3-2-5-11(13)9-15/h2-3,5,7,12,16H,4,6,8,10,14H2,1H3. The van der Waals surface area contributed by atoms with Gasteiger partial charge in [-0.3, -0.25) is 0 Å². The highest BCUT2D eigenvalue weighted by molar-refractivity contribution is 5.57. The number of nitrogens with zero attached hydrogens (tertiary/aromatic N) is 1. The SMILES string of the molecule is COCC(CCCN)Nc1ccccc1C#N. The lowest BCUT2D eigenvalue weighted by atomic mass is 10.1. The van der Waals surface area contributed by atoms with Crippen molar-refractivity contribution in [3.8, 4) is 6.07 Å². The zero-order valence-corrected chi connectivity index (χ0v) is 10.1. The molecule has 0 amide bonds. The van der Waals surface area contributed by atoms with Crippen LogP contribution in [0, 0.1) is 11.3 Å². The lowest BCUT2D eigenvalue weighted by Crippen LogP contribution is -2.26. The third kappa shape index (κ3) is 4.43. The highest BCUT2D eigenvalue weighted by Crippen LogP contribution is 2.16. The number of methoxy groups -OCH3 is 1. The summed E-state index contributed by atoms with van der Waals surface area (Å²) in [7, 11) is 1.67. The molecule has 0 aliphatic carbocycles. The van der Waals surface area contributed by atoms with Gasteiger partial charge in [-0.25, -0.2) is 0 Å². The number of nitriles is 1. The monoisotopic (exact) mass is 233 g/mol. The topological polar surface area (TPSA) is 71.1 Å². The van der Waals surface area contributed by atoms with E-state index in [0.29, 0.717) is 18.7 Å². The Kier molecular flexibility index (Phi) is 6.08. The van der Waals surface area contributed by atoms with E-state index in [2.05, 4.69) is 11.4 Å². The molecular weight excluding hydrogens is 214 g/mol. The van der Waals surface area contributed by atoms with Gasteiger partial charge in [-0.05, 0) is 31.5 Å². The minimum Gasteiger partial charge on any atom is -0.383 e. The molecule has 3 N–H and O–H groups in total. The van der Waals surface area contributed by atoms with E-state index in [1.54, 1.807) is 13.2 Å². The smallest absolute Gasteiger partial charge is 0.101 e. The van der Waals surface area contributed by atoms with E-state index in [1.165, 1.54) is 0 Å². The third-order valence-corrected chi connectivity index (χ3v) is 2.53. The number of nitrogens with one attached hydrogen (secondary N) is 1. The van der Waals surface area contributed by atoms with Crippen molar-refractivity contribution in [3.63, 3.8) is 0 Å². The Bertz CT molecular complexity index is 373. The number of hydrogen-bond donors (Lipinski definition) is 2. The third-order valence-electron chi connectivity index (χ3n) is 2.53. The average Bonchev–Trinajstić information content (AvgIpc) is 2.37. The van der Waals surface area contributed by atoms with Gasteiger partial charge in [0.05, 0.1) is 17.9 Å². The van der Waals surface area contributed by atoms with Gasteiger partial charge in [-0.1, -0.05) is 12.1 Å². The van der Waals surface area contributed by atoms with Crippen molar-refractivity contribution in [1.29, 1.82) is 5.26 Å². The summed E-state index contributed by atoms with van der Waals surface area (Å²) < 4.78 is 5.16. The molecule has 0 heterocycles. The Hall–Kier alpha value is -1.57. The first-order valence-corrected chi connectivity index (χ1v) is 5.76. The Labute approximate surface area is 102 Å². The van der Waals surface area contributed by atoms with Gasteiger partial charge < -0.3 is 15.8 Å². The first kappa shape index (κ1) is 13.5. The van der Waals surface area contributed by atoms with Crippen LogP contribution < -0.4 is 11.1 Å². The lowest BCUT2D eigenvalue weighted by Gasteiger charge is -2.19. The fourth-order valence-corrected chi connectivity index (χ4v) is 1.69. The Balaban J connectivity index is 2.68. The van der Waals surface area contributed by atoms with Crippen molar-refractivity contribution >= 4 is 5.69 Å². The molecule has 1 aromatic carbocycles. The number of benzene rings is 1. The van der Waals surface area contributed by atoms with E-state index in [-0.39, 0.29) is 6.04 Å². The predicted molar refractivity (Wildman–Crippen MR) is 68.7 cm³/mol. The zero-order chi connectivity index (χ0) is 12.5. The fourth-order valence-electron chi connectivity index (χ4n) is 1.69. The minimum absolute atomic E-state index is 0.193. The maximum atomic E-state index is 9.00. The number of hydrogen-bond acceptors (Lipinski definition) is 4. The van der Waals surface area contributed by atoms with Crippen molar-refractivity contribution in [2.24, 2.45) is 5.73 Å². The molecule has 92 valence electrons. The summed E-state index contributed by atoms with van der Waals surface area (Å²) in [5.41, 5.74) is 7.01. The van der Waals surface area contributed by atoms with Crippen molar-refractivity contribution in [3.05, 3.63) is 29.8 Å². The highest BCUT2D eigenvalue weighted by atomic mass is 16.5. The molecule has 0 aliphatic rings. The van der Waals surface area contributed by atoms with Crippen molar-refractivity contribution < 1.29 is 4.74 Å². The number of nitrogens with two attached hydrogens (primary N) is 1. The quantitative estimate of drug-likeness (QED) is 0.752. The van der Waals surface area contributed by atoms with Crippen LogP contribution in [0.1, 0.15) is 18.4 Å². The summed E-state index contributed by atoms with van der Waals surface area (Å²) in [5, 5.41) is 12.3. The first-order valence-electron chi connectivity index (χ1n) is 5.76. The van der Waals surface area contributed by atoms with E-state index in [1.807, 2.05) is 18.2 Å². The Morgan fingerprint density at radius 2 is 2.24 bits per heavy atom. The minimum atomic E-state index is 0.193. The molecule has 1 aromatic rings. The Morgan fingerprint density at radius 1 is 1.47 bits per heavy atom. The number of ether oxygens (including phenoxy) is 1. The van der Waals surface area contributed by atoms with Gasteiger partial charge in [-0.2, -0.15) is 5.26 Å². The predicted octanol–water partition coefficient (Wildman–Crippen LogP) is 1.72. The molecule has 4 nitrogen and oxygen atoms in total. The molecular formula is C13H19N3O. The molecule has 0 fully saturated rings. The van der Waals surface area contributed by atoms with Gasteiger partial charge in [0.2, 0.25) is 0 Å². The van der Waals surface area contributed by atoms with E-state index >= 15 is 0 Å². The van der Waals surface area contributed by atoms with Crippen molar-refractivity contribution in [1.82, 2.24) is 0 Å². The van der Waals surface area contributed by atoms with E-state index < -0.39 is 0 Å². The molecule has 0 aliphatic heterocycles. The van der Waals surface area contributed by atoms with Gasteiger partial charge in [-0.15, -0.1) is 0 Å². The maximum Gasteiger partial charge on any atom is 0.101 e. The summed E-state index contributed by atoms with van der Waals surface area (Å²) in [5.74, 6) is 0. The van der Waals surface area contributed by atoms with Crippen LogP contribution in [-0.4, -0.2) is 26.3 Å². The van der Waals surface area contributed by atoms with E-state index in [4.69, 9.17) is 15.7 Å². The number of para-hydroxylation sites is 1. The van der Waals surface area contributed by atoms with Crippen LogP contribution in [0.3, 0.4) is 0 Å². The van der Waals surface area contributed by atoms with Gasteiger partial charge in [0, 0.05) is 13.2 Å². The maximum absolute atomic E-state index is 9.00. The number of anilines is 1. The normalized spacial score (nSPS) is 11.8.